The Balaban J connectivity index is 0.000000181. The van der Waals surface area contributed by atoms with E-state index in [1.54, 1.807) is 72.1 Å². The molecule has 8 aromatic rings. The first-order valence-corrected chi connectivity index (χ1v) is 19.4. The number of non-ortho nitro benzene ring substituents is 1. The summed E-state index contributed by atoms with van der Waals surface area (Å²) in [5.74, 6) is -0.576. The first-order chi connectivity index (χ1) is 27.5. The van der Waals surface area contributed by atoms with Gasteiger partial charge in [-0.15, -0.1) is 22.7 Å². The van der Waals surface area contributed by atoms with E-state index >= 15 is 0 Å². The number of nitrogens with one attached hydrogen (secondary N) is 2. The van der Waals surface area contributed by atoms with Gasteiger partial charge in [-0.1, -0.05) is 24.3 Å². The molecule has 5 N–H and O–H groups in total. The zero-order chi connectivity index (χ0) is 40.5. The maximum Gasteiger partial charge on any atom is 0.270 e. The van der Waals surface area contributed by atoms with Crippen molar-refractivity contribution in [2.24, 2.45) is 0 Å². The normalized spacial score (nSPS) is 10.5. The van der Waals surface area contributed by atoms with Crippen molar-refractivity contribution in [3.05, 3.63) is 166 Å². The Morgan fingerprint density at radius 2 is 1.11 bits per heavy atom. The van der Waals surface area contributed by atoms with Gasteiger partial charge in [0.05, 0.1) is 25.4 Å². The fourth-order valence-corrected chi connectivity index (χ4v) is 7.69. The Morgan fingerprint density at radius 3 is 1.54 bits per heavy atom. The van der Waals surface area contributed by atoms with Gasteiger partial charge in [0.15, 0.2) is 0 Å². The maximum atomic E-state index is 12.3. The van der Waals surface area contributed by atoms with Crippen molar-refractivity contribution in [2.45, 2.75) is 20.8 Å². The van der Waals surface area contributed by atoms with E-state index in [-0.39, 0.29) is 23.8 Å². The summed E-state index contributed by atoms with van der Waals surface area (Å²) in [4.78, 5) is 44.3. The van der Waals surface area contributed by atoms with E-state index in [0.717, 1.165) is 42.6 Å². The van der Waals surface area contributed by atoms with Crippen LogP contribution in [0.1, 0.15) is 38.8 Å². The number of aromatic nitrogens is 2. The fraction of sp³-hybridized carbons (Fsp3) is 0.0909. The van der Waals surface area contributed by atoms with Crippen molar-refractivity contribution in [3.8, 4) is 21.1 Å². The van der Waals surface area contributed by atoms with Crippen LogP contribution >= 0.6 is 22.7 Å². The van der Waals surface area contributed by atoms with Gasteiger partial charge >= 0.3 is 0 Å². The highest BCUT2D eigenvalue weighted by Crippen LogP contribution is 2.33. The monoisotopic (exact) mass is 794 g/mol. The minimum atomic E-state index is -0.523. The molecule has 2 heterocycles. The molecule has 286 valence electrons. The molecule has 0 saturated carbocycles. The number of hydrogen-bond acceptors (Lipinski definition) is 10. The van der Waals surface area contributed by atoms with Gasteiger partial charge in [-0.2, -0.15) is 0 Å². The maximum absolute atomic E-state index is 12.3. The second kappa shape index (κ2) is 18.2. The molecule has 0 aliphatic rings. The number of carbonyl (C=O) groups excluding carboxylic acids is 2. The molecule has 0 aliphatic heterocycles. The van der Waals surface area contributed by atoms with Gasteiger partial charge in [0.25, 0.3) is 17.5 Å². The van der Waals surface area contributed by atoms with Crippen LogP contribution in [0.4, 0.5) is 22.7 Å². The van der Waals surface area contributed by atoms with E-state index in [4.69, 9.17) is 10.8 Å². The van der Waals surface area contributed by atoms with Crippen molar-refractivity contribution in [1.29, 1.82) is 0 Å². The van der Waals surface area contributed by atoms with Crippen LogP contribution < -0.4 is 16.4 Å². The van der Waals surface area contributed by atoms with Gasteiger partial charge in [-0.3, -0.25) is 19.7 Å². The lowest BCUT2D eigenvalue weighted by atomic mass is 10.1. The summed E-state index contributed by atoms with van der Waals surface area (Å²) in [6, 6.07) is 40.1. The Labute approximate surface area is 336 Å². The number of aliphatic hydroxyl groups excluding tert-OH is 1. The van der Waals surface area contributed by atoms with E-state index in [2.05, 4.69) is 52.6 Å². The third-order valence-corrected chi connectivity index (χ3v) is 10.5. The van der Waals surface area contributed by atoms with Crippen LogP contribution in [0, 0.1) is 24.0 Å². The smallest absolute Gasteiger partial charge is 0.270 e. The number of nitrogen functional groups attached to an aromatic ring is 1. The lowest BCUT2D eigenvalue weighted by Crippen LogP contribution is -2.11. The van der Waals surface area contributed by atoms with Crippen LogP contribution in [0.5, 0.6) is 0 Å². The van der Waals surface area contributed by atoms with Crippen molar-refractivity contribution >= 4 is 77.7 Å². The number of thiazole rings is 2. The van der Waals surface area contributed by atoms with Crippen molar-refractivity contribution in [1.82, 2.24) is 9.97 Å². The highest BCUT2D eigenvalue weighted by atomic mass is 32.1. The quantitative estimate of drug-likeness (QED) is 0.0701. The molecule has 8 rings (SSSR count). The first kappa shape index (κ1) is 39.9. The standard InChI is InChI=1S/C21H15N3O3S.C21H17N3OS.C2H6O/c1-13-5-10-18-19(11-13)28-21(23-18)14-6-8-16(9-7-14)22-20(25)15-3-2-4-17(12-15)24(26)27;1-13-5-10-18-19(11-13)26-21(24-18)14-6-8-17(9-7-14)23-20(25)15-3-2-4-16(22)12-15;1-2-3/h2-12H,1H3,(H,22,25);2-12H,22H2,1H3,(H,23,25);3H,2H2,1H3. The summed E-state index contributed by atoms with van der Waals surface area (Å²) in [7, 11) is 0. The summed E-state index contributed by atoms with van der Waals surface area (Å²) in [6.45, 7) is 6.06. The van der Waals surface area contributed by atoms with Crippen LogP contribution in [0.2, 0.25) is 0 Å². The number of benzene rings is 6. The highest BCUT2D eigenvalue weighted by Gasteiger charge is 2.13. The third kappa shape index (κ3) is 10.3. The number of nitrogens with zero attached hydrogens (tertiary/aromatic N) is 3. The van der Waals surface area contributed by atoms with Crippen molar-refractivity contribution < 1.29 is 19.6 Å². The van der Waals surface area contributed by atoms with E-state index in [0.29, 0.717) is 16.9 Å². The molecule has 0 fully saturated rings. The molecule has 0 radical (unpaired) electrons. The summed E-state index contributed by atoms with van der Waals surface area (Å²) in [6.07, 6.45) is 0. The first-order valence-electron chi connectivity index (χ1n) is 17.8. The Kier molecular flexibility index (Phi) is 12.7. The minimum absolute atomic E-state index is 0.117. The van der Waals surface area contributed by atoms with E-state index in [1.807, 2.05) is 54.6 Å². The molecule has 0 atom stereocenters. The summed E-state index contributed by atoms with van der Waals surface area (Å²) >= 11 is 3.29. The van der Waals surface area contributed by atoms with Crippen LogP contribution in [-0.2, 0) is 0 Å². The van der Waals surface area contributed by atoms with Crippen LogP contribution in [0.25, 0.3) is 41.6 Å². The molecular weight excluding hydrogens is 757 g/mol. The molecule has 0 saturated heterocycles. The molecule has 57 heavy (non-hydrogen) atoms. The Hall–Kier alpha value is -6.80. The predicted molar refractivity (Wildman–Crippen MR) is 232 cm³/mol. The molecule has 2 amide bonds. The molecule has 13 heteroatoms. The zero-order valence-electron chi connectivity index (χ0n) is 31.2. The topological polar surface area (TPSA) is 173 Å². The van der Waals surface area contributed by atoms with Gasteiger partial charge < -0.3 is 21.5 Å². The van der Waals surface area contributed by atoms with Crippen LogP contribution in [0.3, 0.4) is 0 Å². The summed E-state index contributed by atoms with van der Waals surface area (Å²) in [5, 5.41) is 26.0. The van der Waals surface area contributed by atoms with Crippen LogP contribution in [0.15, 0.2) is 133 Å². The number of nitrogens with two attached hydrogens (primary N) is 1. The SMILES string of the molecule is CCO.Cc1ccc2nc(-c3ccc(NC(=O)c4cccc(N)c4)cc3)sc2c1.Cc1ccc2nc(-c3ccc(NC(=O)c4cccc([N+](=O)[O-])c4)cc3)sc2c1. The van der Waals surface area contributed by atoms with Crippen molar-refractivity contribution in [2.75, 3.05) is 23.0 Å². The van der Waals surface area contributed by atoms with Crippen molar-refractivity contribution in [3.63, 3.8) is 0 Å². The number of nitro groups is 1. The predicted octanol–water partition coefficient (Wildman–Crippen LogP) is 10.5. The molecule has 0 spiro atoms. The molecular formula is C44H38N6O5S2. The molecule has 2 aromatic heterocycles. The third-order valence-electron chi connectivity index (χ3n) is 8.34. The number of aliphatic hydroxyl groups is 1. The Bertz CT molecular complexity index is 2690. The molecule has 6 aromatic carbocycles. The molecule has 0 unspecified atom stereocenters. The zero-order valence-corrected chi connectivity index (χ0v) is 32.9. The minimum Gasteiger partial charge on any atom is -0.399 e. The average Bonchev–Trinajstić information content (AvgIpc) is 3.83. The van der Waals surface area contributed by atoms with E-state index in [9.17, 15) is 19.7 Å². The second-order valence-electron chi connectivity index (χ2n) is 12.8. The number of amides is 2. The lowest BCUT2D eigenvalue weighted by molar-refractivity contribution is -0.384. The second-order valence-corrected chi connectivity index (χ2v) is 14.9. The van der Waals surface area contributed by atoms with Gasteiger partial charge in [-0.25, -0.2) is 9.97 Å². The number of hydrogen-bond donors (Lipinski definition) is 4. The number of nitro benzene ring substituents is 1. The van der Waals surface area contributed by atoms with E-state index < -0.39 is 10.8 Å². The largest absolute Gasteiger partial charge is 0.399 e. The van der Waals surface area contributed by atoms with Crippen LogP contribution in [-0.4, -0.2) is 38.4 Å². The summed E-state index contributed by atoms with van der Waals surface area (Å²) < 4.78 is 2.32. The Morgan fingerprint density at radius 1 is 0.667 bits per heavy atom. The molecule has 0 aliphatic carbocycles. The number of anilines is 3. The van der Waals surface area contributed by atoms with E-state index in [1.165, 1.54) is 34.0 Å². The molecule has 11 nitrogen and oxygen atoms in total. The number of rotatable bonds is 7. The summed E-state index contributed by atoms with van der Waals surface area (Å²) in [5.41, 5.74) is 14.7. The molecule has 0 bridgehead atoms. The number of aryl methyl sites for hydroxylation is 2. The van der Waals surface area contributed by atoms with Gasteiger partial charge in [0, 0.05) is 58.1 Å². The highest BCUT2D eigenvalue weighted by molar-refractivity contribution is 7.22. The van der Waals surface area contributed by atoms with Gasteiger partial charge in [0.1, 0.15) is 10.0 Å². The lowest BCUT2D eigenvalue weighted by Gasteiger charge is -2.06. The van der Waals surface area contributed by atoms with Gasteiger partial charge in [0.2, 0.25) is 0 Å². The fourth-order valence-electron chi connectivity index (χ4n) is 5.55. The number of carbonyl (C=O) groups is 2. The number of fused-ring (bicyclic) bond motifs is 2. The average molecular weight is 795 g/mol. The van der Waals surface area contributed by atoms with Gasteiger partial charge in [-0.05, 0) is 129 Å².